The number of nitrogens with zero attached hydrogens (tertiary/aromatic N) is 1. The summed E-state index contributed by atoms with van der Waals surface area (Å²) in [5, 5.41) is 2.29. The number of H-pyrrole nitrogens is 1. The van der Waals surface area contributed by atoms with Gasteiger partial charge in [0.25, 0.3) is 5.56 Å². The van der Waals surface area contributed by atoms with Crippen molar-refractivity contribution in [2.24, 2.45) is 0 Å². The van der Waals surface area contributed by atoms with Gasteiger partial charge in [0.15, 0.2) is 0 Å². The molecule has 0 aliphatic carbocycles. The lowest BCUT2D eigenvalue weighted by molar-refractivity contribution is -0.0429. The Morgan fingerprint density at radius 3 is 2.38 bits per heavy atom. The fraction of sp³-hybridized carbons (Fsp3) is 0.133. The predicted molar refractivity (Wildman–Crippen MR) is 86.7 cm³/mol. The highest BCUT2D eigenvalue weighted by molar-refractivity contribution is 7.93. The number of anilines is 1. The summed E-state index contributed by atoms with van der Waals surface area (Å²) < 4.78 is 76.2. The maximum atomic E-state index is 14.1. The Morgan fingerprint density at radius 1 is 1.12 bits per heavy atom. The molecule has 2 aromatic carbocycles. The summed E-state index contributed by atoms with van der Waals surface area (Å²) in [5.74, 6) is -1.24. The maximum Gasteiger partial charge on any atom is 0.516 e. The van der Waals surface area contributed by atoms with Gasteiger partial charge in [0.2, 0.25) is 0 Å². The van der Waals surface area contributed by atoms with E-state index in [0.29, 0.717) is 0 Å². The zero-order valence-electron chi connectivity index (χ0n) is 12.8. The SMILES string of the molecule is O=c1[nH]n(Cc2ccccc2)c2cc(F)c(NS(=O)(=O)C(F)(F)F)cc12. The van der Waals surface area contributed by atoms with Crippen molar-refractivity contribution in [3.63, 3.8) is 0 Å². The largest absolute Gasteiger partial charge is 0.516 e. The molecule has 0 aliphatic rings. The van der Waals surface area contributed by atoms with Gasteiger partial charge in [0, 0.05) is 6.07 Å². The van der Waals surface area contributed by atoms with Crippen LogP contribution in [0.3, 0.4) is 0 Å². The molecule has 0 saturated carbocycles. The Balaban J connectivity index is 2.05. The van der Waals surface area contributed by atoms with Crippen LogP contribution in [-0.4, -0.2) is 23.7 Å². The number of halogens is 4. The second-order valence-corrected chi connectivity index (χ2v) is 7.09. The molecule has 0 aliphatic heterocycles. The van der Waals surface area contributed by atoms with Gasteiger partial charge >= 0.3 is 15.5 Å². The molecule has 2 N–H and O–H groups in total. The van der Waals surface area contributed by atoms with Gasteiger partial charge < -0.3 is 0 Å². The average Bonchev–Trinajstić information content (AvgIpc) is 2.83. The summed E-state index contributed by atoms with van der Waals surface area (Å²) in [6.45, 7) is 0.187. The molecule has 3 rings (SSSR count). The minimum Gasteiger partial charge on any atom is -0.280 e. The number of rotatable bonds is 4. The van der Waals surface area contributed by atoms with Gasteiger partial charge in [-0.05, 0) is 11.6 Å². The number of nitrogens with one attached hydrogen (secondary N) is 2. The number of hydrogen-bond donors (Lipinski definition) is 2. The van der Waals surface area contributed by atoms with Crippen LogP contribution in [-0.2, 0) is 16.6 Å². The minimum atomic E-state index is -5.81. The van der Waals surface area contributed by atoms with E-state index in [-0.39, 0.29) is 17.4 Å². The molecule has 26 heavy (non-hydrogen) atoms. The lowest BCUT2D eigenvalue weighted by Gasteiger charge is -2.11. The van der Waals surface area contributed by atoms with E-state index in [4.69, 9.17) is 0 Å². The van der Waals surface area contributed by atoms with Crippen LogP contribution in [0, 0.1) is 5.82 Å². The van der Waals surface area contributed by atoms with Crippen molar-refractivity contribution in [2.75, 3.05) is 4.72 Å². The number of fused-ring (bicyclic) bond motifs is 1. The van der Waals surface area contributed by atoms with E-state index in [2.05, 4.69) is 5.10 Å². The van der Waals surface area contributed by atoms with Crippen molar-refractivity contribution in [3.05, 3.63) is 64.2 Å². The van der Waals surface area contributed by atoms with Crippen molar-refractivity contribution in [1.82, 2.24) is 9.78 Å². The Labute approximate surface area is 144 Å². The first-order valence-corrected chi connectivity index (χ1v) is 8.62. The molecule has 0 amide bonds. The first-order valence-electron chi connectivity index (χ1n) is 7.13. The molecular formula is C15H11F4N3O3S. The Hall–Kier alpha value is -2.82. The highest BCUT2D eigenvalue weighted by Crippen LogP contribution is 2.28. The van der Waals surface area contributed by atoms with Crippen LogP contribution >= 0.6 is 0 Å². The fourth-order valence-corrected chi connectivity index (χ4v) is 2.94. The van der Waals surface area contributed by atoms with Crippen molar-refractivity contribution < 1.29 is 26.0 Å². The van der Waals surface area contributed by atoms with Gasteiger partial charge in [-0.1, -0.05) is 30.3 Å². The van der Waals surface area contributed by atoms with Crippen molar-refractivity contribution in [3.8, 4) is 0 Å². The zero-order valence-corrected chi connectivity index (χ0v) is 13.7. The smallest absolute Gasteiger partial charge is 0.280 e. The quantitative estimate of drug-likeness (QED) is 0.673. The van der Waals surface area contributed by atoms with Crippen LogP contribution in [0.1, 0.15) is 5.56 Å². The van der Waals surface area contributed by atoms with Crippen LogP contribution in [0.25, 0.3) is 10.9 Å². The molecule has 0 bridgehead atoms. The van der Waals surface area contributed by atoms with Crippen molar-refractivity contribution in [1.29, 1.82) is 0 Å². The standard InChI is InChI=1S/C15H11F4N3O3S/c16-11-7-13-10(6-12(11)21-26(24,25)15(17,18)19)14(23)20-22(13)8-9-4-2-1-3-5-9/h1-7,21H,8H2,(H,20,23). The van der Waals surface area contributed by atoms with Crippen LogP contribution < -0.4 is 10.3 Å². The van der Waals surface area contributed by atoms with Crippen LogP contribution in [0.5, 0.6) is 0 Å². The lowest BCUT2D eigenvalue weighted by Crippen LogP contribution is -2.30. The van der Waals surface area contributed by atoms with E-state index in [1.54, 1.807) is 30.3 Å². The third-order valence-electron chi connectivity index (χ3n) is 3.59. The number of aromatic amines is 1. The summed E-state index contributed by atoms with van der Waals surface area (Å²) in [4.78, 5) is 12.0. The van der Waals surface area contributed by atoms with Gasteiger partial charge in [0.05, 0.1) is 23.1 Å². The Morgan fingerprint density at radius 2 is 1.77 bits per heavy atom. The molecule has 0 spiro atoms. The molecule has 1 heterocycles. The van der Waals surface area contributed by atoms with Crippen LogP contribution in [0.4, 0.5) is 23.2 Å². The molecule has 138 valence electrons. The molecule has 1 aromatic heterocycles. The summed E-state index contributed by atoms with van der Waals surface area (Å²) in [7, 11) is -5.81. The molecule has 0 unspecified atom stereocenters. The monoisotopic (exact) mass is 389 g/mol. The van der Waals surface area contributed by atoms with E-state index in [1.165, 1.54) is 4.68 Å². The zero-order chi connectivity index (χ0) is 19.1. The molecule has 11 heteroatoms. The minimum absolute atomic E-state index is 0.0892. The van der Waals surface area contributed by atoms with Gasteiger partial charge in [-0.25, -0.2) is 4.39 Å². The van der Waals surface area contributed by atoms with Gasteiger partial charge in [-0.2, -0.15) is 21.6 Å². The first-order chi connectivity index (χ1) is 12.1. The van der Waals surface area contributed by atoms with E-state index in [1.807, 2.05) is 0 Å². The van der Waals surface area contributed by atoms with E-state index in [0.717, 1.165) is 22.4 Å². The summed E-state index contributed by atoms with van der Waals surface area (Å²) in [6.07, 6.45) is 0. The molecule has 0 radical (unpaired) electrons. The third kappa shape index (κ3) is 3.29. The second-order valence-electron chi connectivity index (χ2n) is 5.41. The highest BCUT2D eigenvalue weighted by atomic mass is 32.2. The number of sulfonamides is 1. The number of benzene rings is 2. The summed E-state index contributed by atoms with van der Waals surface area (Å²) in [5.41, 5.74) is -6.38. The topological polar surface area (TPSA) is 84.0 Å². The van der Waals surface area contributed by atoms with E-state index < -0.39 is 32.6 Å². The normalized spacial score (nSPS) is 12.5. The highest BCUT2D eigenvalue weighted by Gasteiger charge is 2.46. The molecule has 0 fully saturated rings. The second kappa shape index (κ2) is 6.16. The van der Waals surface area contributed by atoms with Gasteiger partial charge in [-0.15, -0.1) is 0 Å². The fourth-order valence-electron chi connectivity index (χ4n) is 2.38. The Bertz CT molecular complexity index is 1120. The molecular weight excluding hydrogens is 378 g/mol. The van der Waals surface area contributed by atoms with Gasteiger partial charge in [-0.3, -0.25) is 19.3 Å². The van der Waals surface area contributed by atoms with Gasteiger partial charge in [0.1, 0.15) is 5.82 Å². The Kier molecular flexibility index (Phi) is 4.26. The number of aromatic nitrogens is 2. The molecule has 0 atom stereocenters. The molecule has 6 nitrogen and oxygen atoms in total. The van der Waals surface area contributed by atoms with E-state index in [9.17, 15) is 30.8 Å². The number of hydrogen-bond acceptors (Lipinski definition) is 3. The molecule has 0 saturated heterocycles. The average molecular weight is 389 g/mol. The van der Waals surface area contributed by atoms with Crippen molar-refractivity contribution >= 4 is 26.6 Å². The van der Waals surface area contributed by atoms with Crippen molar-refractivity contribution in [2.45, 2.75) is 12.1 Å². The summed E-state index contributed by atoms with van der Waals surface area (Å²) >= 11 is 0. The van der Waals surface area contributed by atoms with Crippen LogP contribution in [0.2, 0.25) is 0 Å². The van der Waals surface area contributed by atoms with E-state index >= 15 is 0 Å². The molecule has 3 aromatic rings. The lowest BCUT2D eigenvalue weighted by atomic mass is 10.2. The first kappa shape index (κ1) is 18.0. The number of alkyl halides is 3. The summed E-state index contributed by atoms with van der Waals surface area (Å²) in [6, 6.07) is 10.4. The third-order valence-corrected chi connectivity index (χ3v) is 4.69. The van der Waals surface area contributed by atoms with Crippen LogP contribution in [0.15, 0.2) is 47.3 Å². The predicted octanol–water partition coefficient (Wildman–Crippen LogP) is 2.78. The maximum absolute atomic E-state index is 14.1.